The zero-order valence-electron chi connectivity index (χ0n) is 20.0. The fourth-order valence-electron chi connectivity index (χ4n) is 5.62. The number of aromatic amines is 1. The summed E-state index contributed by atoms with van der Waals surface area (Å²) in [5, 5.41) is 14.9. The monoisotopic (exact) mass is 499 g/mol. The van der Waals surface area contributed by atoms with Gasteiger partial charge < -0.3 is 19.0 Å². The molecular formula is C26H25N7O4. The van der Waals surface area contributed by atoms with Crippen LogP contribution in [-0.2, 0) is 0 Å². The fraction of sp³-hybridized carbons (Fsp3) is 0.346. The highest BCUT2D eigenvalue weighted by atomic mass is 16.6. The molecule has 1 spiro atoms. The Morgan fingerprint density at radius 3 is 2.73 bits per heavy atom. The van der Waals surface area contributed by atoms with E-state index in [0.717, 1.165) is 23.7 Å². The zero-order valence-corrected chi connectivity index (χ0v) is 20.0. The number of piperidine rings is 1. The maximum atomic E-state index is 13.5. The van der Waals surface area contributed by atoms with Crippen molar-refractivity contribution in [3.63, 3.8) is 0 Å². The van der Waals surface area contributed by atoms with E-state index >= 15 is 0 Å². The van der Waals surface area contributed by atoms with Crippen LogP contribution in [0.15, 0.2) is 42.6 Å². The third-order valence-electron chi connectivity index (χ3n) is 7.77. The fourth-order valence-corrected chi connectivity index (χ4v) is 5.62. The minimum Gasteiger partial charge on any atom is -0.486 e. The number of hydrogen-bond donors (Lipinski definition) is 2. The van der Waals surface area contributed by atoms with E-state index in [1.165, 1.54) is 0 Å². The average Bonchev–Trinajstić information content (AvgIpc) is 3.43. The third-order valence-corrected chi connectivity index (χ3v) is 7.77. The molecule has 3 N–H and O–H groups in total. The molecule has 7 rings (SSSR count). The number of likely N-dealkylation sites (tertiary alicyclic amines) is 1. The van der Waals surface area contributed by atoms with Gasteiger partial charge in [-0.25, -0.2) is 0 Å². The van der Waals surface area contributed by atoms with E-state index in [9.17, 15) is 9.59 Å². The second-order valence-corrected chi connectivity index (χ2v) is 10.1. The molecule has 4 heterocycles. The number of carbonyl (C=O) groups is 2. The van der Waals surface area contributed by atoms with Crippen LogP contribution in [-0.4, -0.2) is 60.5 Å². The number of nitrogens with two attached hydrogens (primary N) is 1. The van der Waals surface area contributed by atoms with Gasteiger partial charge in [0.1, 0.15) is 11.4 Å². The van der Waals surface area contributed by atoms with Gasteiger partial charge in [0.25, 0.3) is 5.91 Å². The van der Waals surface area contributed by atoms with Crippen LogP contribution in [0.2, 0.25) is 0 Å². The molecule has 0 atom stereocenters. The number of ketones is 1. The van der Waals surface area contributed by atoms with Crippen LogP contribution in [0.4, 0.5) is 0 Å². The molecule has 1 amide bonds. The zero-order chi connectivity index (χ0) is 25.1. The van der Waals surface area contributed by atoms with Gasteiger partial charge in [0.15, 0.2) is 11.5 Å². The Morgan fingerprint density at radius 1 is 1.16 bits per heavy atom. The minimum absolute atomic E-state index is 0.0161. The predicted octanol–water partition coefficient (Wildman–Crippen LogP) is 3.05. The summed E-state index contributed by atoms with van der Waals surface area (Å²) in [5.41, 5.74) is 2.11. The number of amides is 1. The molecule has 0 unspecified atom stereocenters. The van der Waals surface area contributed by atoms with Crippen molar-refractivity contribution in [2.45, 2.75) is 43.7 Å². The maximum Gasteiger partial charge on any atom is 0.254 e. The number of tetrazole rings is 1. The molecule has 1 saturated heterocycles. The van der Waals surface area contributed by atoms with E-state index in [0.29, 0.717) is 66.0 Å². The van der Waals surface area contributed by atoms with Gasteiger partial charge in [-0.05, 0) is 54.5 Å². The van der Waals surface area contributed by atoms with Crippen LogP contribution in [0, 0.1) is 0 Å². The van der Waals surface area contributed by atoms with Crippen molar-refractivity contribution in [3.05, 3.63) is 53.7 Å². The number of hydrogen-bond acceptors (Lipinski definition) is 8. The lowest BCUT2D eigenvalue weighted by Crippen LogP contribution is -2.52. The first-order valence-corrected chi connectivity index (χ1v) is 12.4. The number of Topliss-reactive ketones (excluding diaryl/α,β-unsaturated/α-hetero) is 1. The Morgan fingerprint density at radius 2 is 2.00 bits per heavy atom. The Labute approximate surface area is 211 Å². The van der Waals surface area contributed by atoms with Gasteiger partial charge in [0, 0.05) is 54.7 Å². The summed E-state index contributed by atoms with van der Waals surface area (Å²) in [7, 11) is 0. The molecule has 11 nitrogen and oxygen atoms in total. The van der Waals surface area contributed by atoms with E-state index in [4.69, 9.17) is 15.5 Å². The van der Waals surface area contributed by atoms with Crippen molar-refractivity contribution in [2.75, 3.05) is 13.1 Å². The minimum atomic E-state index is -0.620. The molecule has 1 saturated carbocycles. The Hall–Kier alpha value is -4.25. The molecule has 2 aliphatic heterocycles. The first-order chi connectivity index (χ1) is 18.0. The van der Waals surface area contributed by atoms with Gasteiger partial charge in [0.2, 0.25) is 5.82 Å². The van der Waals surface area contributed by atoms with Crippen LogP contribution >= 0.6 is 0 Å². The van der Waals surface area contributed by atoms with Gasteiger partial charge in [-0.2, -0.15) is 11.1 Å². The van der Waals surface area contributed by atoms with Crippen LogP contribution in [0.1, 0.15) is 58.9 Å². The molecule has 2 aromatic carbocycles. The summed E-state index contributed by atoms with van der Waals surface area (Å²) in [5.74, 6) is 6.96. The van der Waals surface area contributed by atoms with Crippen molar-refractivity contribution in [1.29, 1.82) is 0 Å². The predicted molar refractivity (Wildman–Crippen MR) is 132 cm³/mol. The van der Waals surface area contributed by atoms with Gasteiger partial charge in [-0.1, -0.05) is 0 Å². The maximum absolute atomic E-state index is 13.5. The highest BCUT2D eigenvalue weighted by Crippen LogP contribution is 2.42. The highest BCUT2D eigenvalue weighted by molar-refractivity contribution is 6.02. The lowest BCUT2D eigenvalue weighted by Gasteiger charge is -2.44. The van der Waals surface area contributed by atoms with Gasteiger partial charge in [-0.3, -0.25) is 9.59 Å². The van der Waals surface area contributed by atoms with Crippen LogP contribution < -0.4 is 15.5 Å². The molecular weight excluding hydrogens is 474 g/mol. The van der Waals surface area contributed by atoms with Gasteiger partial charge in [0.05, 0.1) is 17.5 Å². The van der Waals surface area contributed by atoms with Crippen molar-refractivity contribution in [1.82, 2.24) is 30.1 Å². The van der Waals surface area contributed by atoms with Crippen LogP contribution in [0.5, 0.6) is 11.5 Å². The van der Waals surface area contributed by atoms with Crippen LogP contribution in [0.3, 0.4) is 0 Å². The summed E-state index contributed by atoms with van der Waals surface area (Å²) in [4.78, 5) is 33.6. The number of fused-ring (bicyclic) bond motifs is 2. The van der Waals surface area contributed by atoms with E-state index in [1.807, 2.05) is 29.3 Å². The normalized spacial score (nSPS) is 18.6. The van der Waals surface area contributed by atoms with Crippen molar-refractivity contribution < 1.29 is 19.2 Å². The molecule has 4 aromatic rings. The molecule has 11 heteroatoms. The van der Waals surface area contributed by atoms with E-state index < -0.39 is 5.60 Å². The summed E-state index contributed by atoms with van der Waals surface area (Å²) in [6.07, 6.45) is 5.70. The first kappa shape index (κ1) is 22.0. The first-order valence-electron chi connectivity index (χ1n) is 12.4. The number of H-pyrrole nitrogens is 1. The van der Waals surface area contributed by atoms with E-state index in [-0.39, 0.29) is 18.1 Å². The number of aromatic nitrogens is 5. The molecule has 0 radical (unpaired) electrons. The molecule has 188 valence electrons. The summed E-state index contributed by atoms with van der Waals surface area (Å²) in [6, 6.07) is 11.4. The summed E-state index contributed by atoms with van der Waals surface area (Å²) >= 11 is 0. The highest BCUT2D eigenvalue weighted by Gasteiger charge is 2.44. The quantitative estimate of drug-likeness (QED) is 0.408. The van der Waals surface area contributed by atoms with Crippen molar-refractivity contribution in [2.24, 2.45) is 5.90 Å². The average molecular weight is 500 g/mol. The molecule has 2 aromatic heterocycles. The Bertz CT molecular complexity index is 1530. The lowest BCUT2D eigenvalue weighted by atomic mass is 9.82. The van der Waals surface area contributed by atoms with Crippen molar-refractivity contribution >= 4 is 22.6 Å². The second-order valence-electron chi connectivity index (χ2n) is 10.1. The second kappa shape index (κ2) is 8.13. The SMILES string of the molecule is NOc1cc(C(=O)N2CCC3(CC2)CC(=O)c2cc(-c4nn[nH]n4)ccc2O3)cc2c1ccn2C1CC1. The smallest absolute Gasteiger partial charge is 0.254 e. The largest absolute Gasteiger partial charge is 0.486 e. The Kier molecular flexibility index (Phi) is 4.83. The molecule has 3 aliphatic rings. The molecule has 2 fully saturated rings. The standard InChI is InChI=1S/C26H25N7O4/c27-37-23-13-16(12-20-18(23)5-8-33(20)17-2-3-17)25(35)32-9-6-26(7-10-32)14-21(34)19-11-15(1-4-22(19)36-26)24-28-30-31-29-24/h1,4-5,8,11-13,17H,2-3,6-7,9-10,14,27H2,(H,28,29,30,31). The topological polar surface area (TPSA) is 141 Å². The number of carbonyl (C=O) groups excluding carboxylic acids is 2. The summed E-state index contributed by atoms with van der Waals surface area (Å²) in [6.45, 7) is 0.978. The lowest BCUT2D eigenvalue weighted by molar-refractivity contribution is -0.00570. The van der Waals surface area contributed by atoms with E-state index in [1.54, 1.807) is 18.2 Å². The number of ether oxygens (including phenoxy) is 1. The van der Waals surface area contributed by atoms with Gasteiger partial charge >= 0.3 is 0 Å². The van der Waals surface area contributed by atoms with E-state index in [2.05, 4.69) is 25.2 Å². The van der Waals surface area contributed by atoms with Crippen molar-refractivity contribution in [3.8, 4) is 22.9 Å². The number of nitrogens with one attached hydrogen (secondary N) is 1. The third kappa shape index (κ3) is 3.65. The number of rotatable bonds is 4. The number of benzene rings is 2. The summed E-state index contributed by atoms with van der Waals surface area (Å²) < 4.78 is 8.60. The molecule has 0 bridgehead atoms. The number of nitrogens with zero attached hydrogens (tertiary/aromatic N) is 5. The molecule has 37 heavy (non-hydrogen) atoms. The molecule has 1 aliphatic carbocycles. The Balaban J connectivity index is 1.10. The van der Waals surface area contributed by atoms with Crippen LogP contribution in [0.25, 0.3) is 22.3 Å². The van der Waals surface area contributed by atoms with Gasteiger partial charge in [-0.15, -0.1) is 10.2 Å².